The van der Waals surface area contributed by atoms with Gasteiger partial charge in [0.2, 0.25) is 5.91 Å². The summed E-state index contributed by atoms with van der Waals surface area (Å²) in [6.07, 6.45) is 3.63. The van der Waals surface area contributed by atoms with E-state index in [0.29, 0.717) is 11.6 Å². The fraction of sp³-hybridized carbons (Fsp3) is 0.375. The van der Waals surface area contributed by atoms with Crippen LogP contribution in [0.3, 0.4) is 0 Å². The average molecular weight is 297 g/mol. The number of nitrogens with zero attached hydrogens (tertiary/aromatic N) is 4. The zero-order valence-corrected chi connectivity index (χ0v) is 12.8. The van der Waals surface area contributed by atoms with E-state index in [1.54, 1.807) is 13.1 Å². The minimum absolute atomic E-state index is 0.0262. The zero-order chi connectivity index (χ0) is 15.5. The first-order valence-electron chi connectivity index (χ1n) is 7.44. The van der Waals surface area contributed by atoms with Gasteiger partial charge in [-0.15, -0.1) is 0 Å². The van der Waals surface area contributed by atoms with Gasteiger partial charge in [-0.3, -0.25) is 4.79 Å². The van der Waals surface area contributed by atoms with Gasteiger partial charge in [0.1, 0.15) is 11.6 Å². The molecule has 0 saturated carbocycles. The van der Waals surface area contributed by atoms with E-state index in [0.717, 1.165) is 30.9 Å². The highest BCUT2D eigenvalue weighted by atomic mass is 16.2. The monoisotopic (exact) mass is 297 g/mol. The molecule has 114 valence electrons. The third-order valence-electron chi connectivity index (χ3n) is 3.75. The lowest BCUT2D eigenvalue weighted by atomic mass is 10.2. The molecular formula is C16H19N5O. The fourth-order valence-electron chi connectivity index (χ4n) is 2.78. The van der Waals surface area contributed by atoms with Gasteiger partial charge in [-0.05, 0) is 31.9 Å². The van der Waals surface area contributed by atoms with Crippen LogP contribution in [0.15, 0.2) is 30.5 Å². The molecular weight excluding hydrogens is 278 g/mol. The Bertz CT molecular complexity index is 673. The third-order valence-corrected chi connectivity index (χ3v) is 3.75. The van der Waals surface area contributed by atoms with Crippen LogP contribution in [0.2, 0.25) is 0 Å². The van der Waals surface area contributed by atoms with Crippen LogP contribution in [0, 0.1) is 6.92 Å². The van der Waals surface area contributed by atoms with Crippen LogP contribution in [0.4, 0.5) is 11.6 Å². The summed E-state index contributed by atoms with van der Waals surface area (Å²) in [6, 6.07) is 7.52. The largest absolute Gasteiger partial charge is 0.333 e. The van der Waals surface area contributed by atoms with Crippen LogP contribution >= 0.6 is 0 Å². The molecule has 1 amide bonds. The average Bonchev–Trinajstić information content (AvgIpc) is 2.97. The Labute approximate surface area is 129 Å². The molecule has 1 N–H and O–H groups in total. The van der Waals surface area contributed by atoms with Crippen molar-refractivity contribution in [3.8, 4) is 0 Å². The lowest BCUT2D eigenvalue weighted by Gasteiger charge is -2.22. The number of carbonyl (C=O) groups excluding carboxylic acids is 1. The number of hydrogen-bond donors (Lipinski definition) is 1. The van der Waals surface area contributed by atoms with Gasteiger partial charge in [0.15, 0.2) is 5.82 Å². The summed E-state index contributed by atoms with van der Waals surface area (Å²) in [7, 11) is 0. The first kappa shape index (κ1) is 14.4. The molecule has 0 radical (unpaired) electrons. The lowest BCUT2D eigenvalue weighted by Crippen LogP contribution is -2.29. The second kappa shape index (κ2) is 6.09. The van der Waals surface area contributed by atoms with Crippen molar-refractivity contribution in [2.24, 2.45) is 0 Å². The Balaban J connectivity index is 1.88. The molecule has 0 spiro atoms. The van der Waals surface area contributed by atoms with Crippen LogP contribution in [0.5, 0.6) is 0 Å². The van der Waals surface area contributed by atoms with Gasteiger partial charge in [0, 0.05) is 31.4 Å². The fourth-order valence-corrected chi connectivity index (χ4v) is 2.78. The zero-order valence-electron chi connectivity index (χ0n) is 12.8. The molecule has 0 aromatic carbocycles. The summed E-state index contributed by atoms with van der Waals surface area (Å²) in [4.78, 5) is 26.9. The van der Waals surface area contributed by atoms with Gasteiger partial charge >= 0.3 is 0 Å². The normalized spacial score (nSPS) is 17.5. The van der Waals surface area contributed by atoms with E-state index < -0.39 is 0 Å². The van der Waals surface area contributed by atoms with Crippen LogP contribution < -0.4 is 5.32 Å². The number of hydrogen-bond acceptors (Lipinski definition) is 5. The molecule has 0 unspecified atom stereocenters. The number of rotatable bonds is 3. The standard InChI is InChI=1S/C16H19N5O/c1-11-10-15(19-14-7-3-4-8-17-14)20-16(18-11)13-6-5-9-21(13)12(2)22/h3-4,7-8,10,13H,5-6,9H2,1-2H3,(H,17,18,19,20)/t13-/m0/s1. The maximum Gasteiger partial charge on any atom is 0.220 e. The second-order valence-electron chi connectivity index (χ2n) is 5.46. The van der Waals surface area contributed by atoms with E-state index in [2.05, 4.69) is 20.3 Å². The Hall–Kier alpha value is -2.50. The van der Waals surface area contributed by atoms with Crippen LogP contribution in [-0.4, -0.2) is 32.3 Å². The smallest absolute Gasteiger partial charge is 0.220 e. The van der Waals surface area contributed by atoms with Crippen molar-refractivity contribution in [1.29, 1.82) is 0 Å². The van der Waals surface area contributed by atoms with Crippen LogP contribution in [0.1, 0.15) is 37.3 Å². The summed E-state index contributed by atoms with van der Waals surface area (Å²) < 4.78 is 0. The third kappa shape index (κ3) is 3.05. The quantitative estimate of drug-likeness (QED) is 0.943. The number of amides is 1. The van der Waals surface area contributed by atoms with Crippen molar-refractivity contribution in [3.05, 3.63) is 42.0 Å². The molecule has 0 bridgehead atoms. The highest BCUT2D eigenvalue weighted by molar-refractivity contribution is 5.74. The number of nitrogens with one attached hydrogen (secondary N) is 1. The Kier molecular flexibility index (Phi) is 4.00. The number of anilines is 2. The molecule has 2 aromatic heterocycles. The Morgan fingerprint density at radius 1 is 1.32 bits per heavy atom. The van der Waals surface area contributed by atoms with Crippen molar-refractivity contribution in [2.45, 2.75) is 32.7 Å². The molecule has 6 heteroatoms. The molecule has 1 fully saturated rings. The topological polar surface area (TPSA) is 71.0 Å². The van der Waals surface area contributed by atoms with E-state index in [1.807, 2.05) is 36.1 Å². The summed E-state index contributed by atoms with van der Waals surface area (Å²) in [5, 5.41) is 3.19. The van der Waals surface area contributed by atoms with Crippen molar-refractivity contribution in [2.75, 3.05) is 11.9 Å². The maximum absolute atomic E-state index is 11.7. The van der Waals surface area contributed by atoms with Crippen molar-refractivity contribution >= 4 is 17.5 Å². The van der Waals surface area contributed by atoms with E-state index in [9.17, 15) is 4.79 Å². The molecule has 1 saturated heterocycles. The van der Waals surface area contributed by atoms with Gasteiger partial charge in [0.05, 0.1) is 6.04 Å². The Morgan fingerprint density at radius 2 is 2.18 bits per heavy atom. The first-order valence-corrected chi connectivity index (χ1v) is 7.44. The minimum Gasteiger partial charge on any atom is -0.333 e. The minimum atomic E-state index is -0.0262. The van der Waals surface area contributed by atoms with Gasteiger partial charge in [-0.1, -0.05) is 6.07 Å². The predicted molar refractivity (Wildman–Crippen MR) is 83.7 cm³/mol. The SMILES string of the molecule is CC(=O)N1CCC[C@H]1c1nc(C)cc(Nc2ccccn2)n1. The molecule has 0 aliphatic carbocycles. The van der Waals surface area contributed by atoms with Gasteiger partial charge < -0.3 is 10.2 Å². The molecule has 6 nitrogen and oxygen atoms in total. The predicted octanol–water partition coefficient (Wildman–Crippen LogP) is 2.61. The number of pyridine rings is 1. The van der Waals surface area contributed by atoms with E-state index >= 15 is 0 Å². The highest BCUT2D eigenvalue weighted by Crippen LogP contribution is 2.30. The molecule has 1 atom stereocenters. The number of likely N-dealkylation sites (tertiary alicyclic amines) is 1. The Morgan fingerprint density at radius 3 is 2.91 bits per heavy atom. The summed E-state index contributed by atoms with van der Waals surface area (Å²) in [5.41, 5.74) is 0.874. The van der Waals surface area contributed by atoms with Crippen molar-refractivity contribution < 1.29 is 4.79 Å². The molecule has 22 heavy (non-hydrogen) atoms. The van der Waals surface area contributed by atoms with Gasteiger partial charge in [0.25, 0.3) is 0 Å². The van der Waals surface area contributed by atoms with Crippen LogP contribution in [0.25, 0.3) is 0 Å². The van der Waals surface area contributed by atoms with Crippen LogP contribution in [-0.2, 0) is 4.79 Å². The van der Waals surface area contributed by atoms with Gasteiger partial charge in [-0.25, -0.2) is 15.0 Å². The molecule has 1 aliphatic heterocycles. The van der Waals surface area contributed by atoms with Crippen molar-refractivity contribution in [1.82, 2.24) is 19.9 Å². The summed E-state index contributed by atoms with van der Waals surface area (Å²) in [6.45, 7) is 4.31. The molecule has 2 aromatic rings. The maximum atomic E-state index is 11.7. The van der Waals surface area contributed by atoms with E-state index in [-0.39, 0.29) is 11.9 Å². The van der Waals surface area contributed by atoms with Gasteiger partial charge in [-0.2, -0.15) is 0 Å². The van der Waals surface area contributed by atoms with E-state index in [1.165, 1.54) is 0 Å². The van der Waals surface area contributed by atoms with Crippen molar-refractivity contribution in [3.63, 3.8) is 0 Å². The number of aromatic nitrogens is 3. The second-order valence-corrected chi connectivity index (χ2v) is 5.46. The summed E-state index contributed by atoms with van der Waals surface area (Å²) in [5.74, 6) is 2.22. The lowest BCUT2D eigenvalue weighted by molar-refractivity contribution is -0.129. The molecule has 3 rings (SSSR count). The highest BCUT2D eigenvalue weighted by Gasteiger charge is 2.30. The molecule has 1 aliphatic rings. The molecule has 3 heterocycles. The number of aryl methyl sites for hydroxylation is 1. The first-order chi connectivity index (χ1) is 10.6. The number of carbonyl (C=O) groups is 1. The summed E-state index contributed by atoms with van der Waals surface area (Å²) >= 11 is 0. The van der Waals surface area contributed by atoms with E-state index in [4.69, 9.17) is 0 Å².